The van der Waals surface area contributed by atoms with Crippen LogP contribution in [-0.4, -0.2) is 46.0 Å². The predicted octanol–water partition coefficient (Wildman–Crippen LogP) is 4.08. The van der Waals surface area contributed by atoms with Gasteiger partial charge in [-0.3, -0.25) is 19.5 Å². The number of Topliss-reactive ketones (excluding diaryl/α,β-unsaturated/α-hetero) is 1. The number of carbonyl (C=O) groups excluding carboxylic acids is 2. The van der Waals surface area contributed by atoms with E-state index in [0.717, 1.165) is 5.56 Å². The first-order chi connectivity index (χ1) is 17.5. The van der Waals surface area contributed by atoms with Crippen LogP contribution in [0.25, 0.3) is 11.0 Å². The first kappa shape index (κ1) is 23.1. The number of hydrogen-bond acceptors (Lipinski definition) is 7. The van der Waals surface area contributed by atoms with Crippen molar-refractivity contribution in [1.29, 1.82) is 0 Å². The number of imidazole rings is 1. The molecule has 1 aliphatic heterocycles. The number of benzene rings is 2. The zero-order valence-electron chi connectivity index (χ0n) is 19.8. The molecule has 1 unspecified atom stereocenters. The molecule has 36 heavy (non-hydrogen) atoms. The molecule has 2 aromatic heterocycles. The molecule has 2 N–H and O–H groups in total. The van der Waals surface area contributed by atoms with Gasteiger partial charge in [-0.15, -0.1) is 0 Å². The van der Waals surface area contributed by atoms with Crippen LogP contribution in [0.1, 0.15) is 23.6 Å². The van der Waals surface area contributed by atoms with Gasteiger partial charge in [-0.05, 0) is 23.6 Å². The quantitative estimate of drug-likeness (QED) is 0.387. The zero-order chi connectivity index (χ0) is 25.2. The van der Waals surface area contributed by atoms with Crippen molar-refractivity contribution < 1.29 is 24.2 Å². The first-order valence-electron chi connectivity index (χ1n) is 11.4. The number of H-pyrrole nitrogens is 1. The van der Waals surface area contributed by atoms with Crippen molar-refractivity contribution in [2.24, 2.45) is 0 Å². The zero-order valence-corrected chi connectivity index (χ0v) is 19.8. The number of amides is 1. The van der Waals surface area contributed by atoms with Gasteiger partial charge in [0, 0.05) is 30.9 Å². The van der Waals surface area contributed by atoms with Gasteiger partial charge < -0.3 is 19.6 Å². The Labute approximate surface area is 207 Å². The van der Waals surface area contributed by atoms with E-state index in [2.05, 4.69) is 15.0 Å². The van der Waals surface area contributed by atoms with Crippen molar-refractivity contribution >= 4 is 28.7 Å². The summed E-state index contributed by atoms with van der Waals surface area (Å²) < 4.78 is 10.7. The molecule has 0 fully saturated rings. The van der Waals surface area contributed by atoms with E-state index < -0.39 is 17.7 Å². The molecule has 0 saturated heterocycles. The Morgan fingerprint density at radius 3 is 2.53 bits per heavy atom. The van der Waals surface area contributed by atoms with Crippen LogP contribution in [0, 0.1) is 0 Å². The molecule has 0 spiro atoms. The van der Waals surface area contributed by atoms with Crippen LogP contribution in [0.3, 0.4) is 0 Å². The molecule has 3 heterocycles. The molecule has 2 aromatic carbocycles. The third-order valence-electron chi connectivity index (χ3n) is 6.20. The number of rotatable bonds is 8. The number of carbonyl (C=O) groups is 2. The smallest absolute Gasteiger partial charge is 0.296 e. The third kappa shape index (κ3) is 4.04. The lowest BCUT2D eigenvalue weighted by molar-refractivity contribution is -0.118. The van der Waals surface area contributed by atoms with Crippen LogP contribution in [0.15, 0.2) is 78.3 Å². The molecule has 0 radical (unpaired) electrons. The van der Waals surface area contributed by atoms with Gasteiger partial charge in [0.1, 0.15) is 0 Å². The van der Waals surface area contributed by atoms with Crippen molar-refractivity contribution in [3.63, 3.8) is 0 Å². The summed E-state index contributed by atoms with van der Waals surface area (Å²) >= 11 is 0. The highest BCUT2D eigenvalue weighted by Gasteiger charge is 2.45. The molecular formula is C27H24N4O5. The number of aryl methyl sites for hydroxylation is 1. The molecule has 9 nitrogen and oxygen atoms in total. The van der Waals surface area contributed by atoms with Crippen LogP contribution in [0.4, 0.5) is 5.95 Å². The molecule has 1 amide bonds. The van der Waals surface area contributed by atoms with Gasteiger partial charge in [0.2, 0.25) is 5.95 Å². The number of aliphatic hydroxyl groups is 1. The van der Waals surface area contributed by atoms with Gasteiger partial charge in [-0.25, -0.2) is 4.98 Å². The van der Waals surface area contributed by atoms with Gasteiger partial charge >= 0.3 is 0 Å². The van der Waals surface area contributed by atoms with Crippen molar-refractivity contribution in [1.82, 2.24) is 15.0 Å². The van der Waals surface area contributed by atoms with Gasteiger partial charge in [-0.1, -0.05) is 36.4 Å². The summed E-state index contributed by atoms with van der Waals surface area (Å²) in [6, 6.07) is 15.6. The average Bonchev–Trinajstić information content (AvgIpc) is 3.44. The fourth-order valence-corrected chi connectivity index (χ4v) is 4.44. The summed E-state index contributed by atoms with van der Waals surface area (Å²) in [5.74, 6) is -0.466. The highest BCUT2D eigenvalue weighted by Crippen LogP contribution is 2.41. The Balaban J connectivity index is 1.55. The topological polar surface area (TPSA) is 118 Å². The highest BCUT2D eigenvalue weighted by molar-refractivity contribution is 6.16. The third-order valence-corrected chi connectivity index (χ3v) is 6.20. The Bertz CT molecular complexity index is 1420. The van der Waals surface area contributed by atoms with Gasteiger partial charge in [-0.2, -0.15) is 0 Å². The number of nitrogens with zero attached hydrogens (tertiary/aromatic N) is 3. The number of ether oxygens (including phenoxy) is 2. The number of aromatic amines is 1. The average molecular weight is 485 g/mol. The lowest BCUT2D eigenvalue weighted by atomic mass is 9.94. The van der Waals surface area contributed by atoms with E-state index in [1.165, 1.54) is 19.1 Å². The van der Waals surface area contributed by atoms with Crippen molar-refractivity contribution in [3.05, 3.63) is 89.5 Å². The van der Waals surface area contributed by atoms with E-state index in [0.29, 0.717) is 34.5 Å². The normalized spacial score (nSPS) is 15.6. The van der Waals surface area contributed by atoms with E-state index in [1.807, 2.05) is 30.3 Å². The molecule has 4 aromatic rings. The second kappa shape index (κ2) is 9.53. The van der Waals surface area contributed by atoms with Crippen molar-refractivity contribution in [2.75, 3.05) is 19.1 Å². The number of methoxy groups -OCH3 is 2. The number of nitrogens with one attached hydrogen (secondary N) is 1. The summed E-state index contributed by atoms with van der Waals surface area (Å²) in [6.45, 7) is 0. The standard InChI is InChI=1S/C27H24N4O5/c1-35-21-13-18-19(14-22(21)36-2)30-27(29-18)31-24(17-9-6-12-28-15-17)23(25(33)26(31)34)20(32)11-10-16-7-4-3-5-8-16/h3-9,12-15,24,33H,10-11H2,1-2H3,(H,29,30). The number of anilines is 1. The number of fused-ring (bicyclic) bond motifs is 1. The molecule has 1 atom stereocenters. The maximum Gasteiger partial charge on any atom is 0.296 e. The fourth-order valence-electron chi connectivity index (χ4n) is 4.44. The minimum atomic E-state index is -0.890. The van der Waals surface area contributed by atoms with Crippen LogP contribution >= 0.6 is 0 Å². The summed E-state index contributed by atoms with van der Waals surface area (Å²) in [5.41, 5.74) is 2.73. The second-order valence-electron chi connectivity index (χ2n) is 8.32. The number of aliphatic hydroxyl groups excluding tert-OH is 1. The lowest BCUT2D eigenvalue weighted by Gasteiger charge is -2.24. The SMILES string of the molecule is COc1cc2nc(N3C(=O)C(O)=C(C(=O)CCc4ccccc4)C3c3cccnc3)[nH]c2cc1OC. The Morgan fingerprint density at radius 2 is 1.83 bits per heavy atom. The molecule has 182 valence electrons. The molecule has 1 aliphatic rings. The Morgan fingerprint density at radius 1 is 1.08 bits per heavy atom. The summed E-state index contributed by atoms with van der Waals surface area (Å²) in [5, 5.41) is 10.9. The van der Waals surface area contributed by atoms with Crippen LogP contribution in [-0.2, 0) is 16.0 Å². The van der Waals surface area contributed by atoms with Crippen LogP contribution in [0.2, 0.25) is 0 Å². The van der Waals surface area contributed by atoms with Crippen LogP contribution in [0.5, 0.6) is 11.5 Å². The maximum absolute atomic E-state index is 13.4. The first-order valence-corrected chi connectivity index (χ1v) is 11.4. The molecule has 0 aliphatic carbocycles. The number of aromatic nitrogens is 3. The fraction of sp³-hybridized carbons (Fsp3) is 0.185. The van der Waals surface area contributed by atoms with Gasteiger partial charge in [0.05, 0.1) is 36.9 Å². The monoisotopic (exact) mass is 484 g/mol. The van der Waals surface area contributed by atoms with Gasteiger partial charge in [0.15, 0.2) is 23.0 Å². The van der Waals surface area contributed by atoms with Crippen molar-refractivity contribution in [2.45, 2.75) is 18.9 Å². The number of hydrogen-bond donors (Lipinski definition) is 2. The van der Waals surface area contributed by atoms with Gasteiger partial charge in [0.25, 0.3) is 5.91 Å². The van der Waals surface area contributed by atoms with E-state index in [1.54, 1.807) is 36.7 Å². The molecular weight excluding hydrogens is 460 g/mol. The van der Waals surface area contributed by atoms with Crippen molar-refractivity contribution in [3.8, 4) is 11.5 Å². The Kier molecular flexibility index (Phi) is 6.12. The largest absolute Gasteiger partial charge is 0.503 e. The maximum atomic E-state index is 13.4. The van der Waals surface area contributed by atoms with E-state index in [-0.39, 0.29) is 23.7 Å². The van der Waals surface area contributed by atoms with E-state index >= 15 is 0 Å². The predicted molar refractivity (Wildman–Crippen MR) is 133 cm³/mol. The van der Waals surface area contributed by atoms with E-state index in [4.69, 9.17) is 9.47 Å². The minimum absolute atomic E-state index is 0.0274. The number of pyridine rings is 1. The highest BCUT2D eigenvalue weighted by atomic mass is 16.5. The summed E-state index contributed by atoms with van der Waals surface area (Å²) in [6.07, 6.45) is 3.79. The van der Waals surface area contributed by atoms with Crippen LogP contribution < -0.4 is 14.4 Å². The van der Waals surface area contributed by atoms with E-state index in [9.17, 15) is 14.7 Å². The summed E-state index contributed by atoms with van der Waals surface area (Å²) in [7, 11) is 3.05. The minimum Gasteiger partial charge on any atom is -0.503 e. The molecule has 0 saturated carbocycles. The molecule has 9 heteroatoms. The second-order valence-corrected chi connectivity index (χ2v) is 8.32. The lowest BCUT2D eigenvalue weighted by Crippen LogP contribution is -2.32. The molecule has 0 bridgehead atoms. The summed E-state index contributed by atoms with van der Waals surface area (Å²) in [4.78, 5) is 39.9. The number of ketones is 1. The Hall–Kier alpha value is -4.66. The molecule has 5 rings (SSSR count).